The van der Waals surface area contributed by atoms with Crippen molar-refractivity contribution < 1.29 is 0 Å². The molecule has 0 aromatic rings. The van der Waals surface area contributed by atoms with Gasteiger partial charge in [-0.3, -0.25) is 0 Å². The summed E-state index contributed by atoms with van der Waals surface area (Å²) in [7, 11) is 0. The number of rotatable bonds is 3. The molecular formula is C8H14N2. The largest absolute Gasteiger partial charge is 0.387 e. The summed E-state index contributed by atoms with van der Waals surface area (Å²) in [5.41, 5.74) is 1.38. The minimum atomic E-state index is 0.969. The third-order valence-electron chi connectivity index (χ3n) is 1.48. The van der Waals surface area contributed by atoms with Crippen LogP contribution in [0, 0.1) is 0 Å². The molecule has 2 heteroatoms. The van der Waals surface area contributed by atoms with Crippen molar-refractivity contribution in [1.82, 2.24) is 10.6 Å². The van der Waals surface area contributed by atoms with Gasteiger partial charge in [0.05, 0.1) is 0 Å². The Morgan fingerprint density at radius 2 is 2.60 bits per heavy atom. The SMILES string of the molecule is CCNCC1=CCNC=C1. The number of hydrogen-bond donors (Lipinski definition) is 2. The Hall–Kier alpha value is -0.760. The Bertz CT molecular complexity index is 147. The molecule has 0 amide bonds. The molecule has 1 heterocycles. The number of nitrogens with one attached hydrogen (secondary N) is 2. The Morgan fingerprint density at radius 1 is 1.70 bits per heavy atom. The van der Waals surface area contributed by atoms with Crippen LogP contribution < -0.4 is 10.6 Å². The summed E-state index contributed by atoms with van der Waals surface area (Å²) >= 11 is 0. The van der Waals surface area contributed by atoms with Gasteiger partial charge < -0.3 is 10.6 Å². The van der Waals surface area contributed by atoms with Crippen LogP contribution in [-0.4, -0.2) is 19.6 Å². The van der Waals surface area contributed by atoms with E-state index in [1.54, 1.807) is 0 Å². The molecule has 10 heavy (non-hydrogen) atoms. The van der Waals surface area contributed by atoms with Gasteiger partial charge in [0.1, 0.15) is 0 Å². The average molecular weight is 138 g/mol. The molecule has 0 bridgehead atoms. The lowest BCUT2D eigenvalue weighted by Gasteiger charge is -2.07. The van der Waals surface area contributed by atoms with Crippen molar-refractivity contribution >= 4 is 0 Å². The Morgan fingerprint density at radius 3 is 3.20 bits per heavy atom. The van der Waals surface area contributed by atoms with Gasteiger partial charge in [0.25, 0.3) is 0 Å². The topological polar surface area (TPSA) is 24.1 Å². The van der Waals surface area contributed by atoms with E-state index in [-0.39, 0.29) is 0 Å². The van der Waals surface area contributed by atoms with Gasteiger partial charge >= 0.3 is 0 Å². The van der Waals surface area contributed by atoms with Crippen LogP contribution in [0.1, 0.15) is 6.92 Å². The molecule has 0 unspecified atom stereocenters. The molecule has 0 saturated carbocycles. The first-order valence-corrected chi connectivity index (χ1v) is 3.73. The smallest absolute Gasteiger partial charge is 0.0331 e. The van der Waals surface area contributed by atoms with Gasteiger partial charge in [0.2, 0.25) is 0 Å². The second-order valence-corrected chi connectivity index (χ2v) is 2.30. The zero-order chi connectivity index (χ0) is 7.23. The van der Waals surface area contributed by atoms with Gasteiger partial charge in [0, 0.05) is 13.1 Å². The Labute approximate surface area is 62.0 Å². The number of dihydropyridines is 1. The second kappa shape index (κ2) is 4.12. The lowest BCUT2D eigenvalue weighted by Crippen LogP contribution is -2.18. The van der Waals surface area contributed by atoms with Crippen LogP contribution in [0.2, 0.25) is 0 Å². The quantitative estimate of drug-likeness (QED) is 0.598. The summed E-state index contributed by atoms with van der Waals surface area (Å²) in [5.74, 6) is 0. The highest BCUT2D eigenvalue weighted by atomic mass is 14.9. The maximum absolute atomic E-state index is 3.27. The van der Waals surface area contributed by atoms with Gasteiger partial charge in [-0.05, 0) is 24.4 Å². The molecule has 0 spiro atoms. The van der Waals surface area contributed by atoms with E-state index in [1.807, 2.05) is 6.20 Å². The highest BCUT2D eigenvalue weighted by molar-refractivity contribution is 5.23. The predicted molar refractivity (Wildman–Crippen MR) is 43.8 cm³/mol. The molecule has 0 fully saturated rings. The minimum absolute atomic E-state index is 0.969. The molecule has 1 rings (SSSR count). The van der Waals surface area contributed by atoms with E-state index >= 15 is 0 Å². The van der Waals surface area contributed by atoms with Gasteiger partial charge in [-0.25, -0.2) is 0 Å². The van der Waals surface area contributed by atoms with Crippen LogP contribution in [-0.2, 0) is 0 Å². The molecule has 0 aromatic heterocycles. The molecule has 2 N–H and O–H groups in total. The van der Waals surface area contributed by atoms with Crippen molar-refractivity contribution in [2.45, 2.75) is 6.92 Å². The summed E-state index contributed by atoms with van der Waals surface area (Å²) in [4.78, 5) is 0. The van der Waals surface area contributed by atoms with E-state index in [0.717, 1.165) is 19.6 Å². The monoisotopic (exact) mass is 138 g/mol. The van der Waals surface area contributed by atoms with E-state index in [4.69, 9.17) is 0 Å². The molecular weight excluding hydrogens is 124 g/mol. The number of hydrogen-bond acceptors (Lipinski definition) is 2. The van der Waals surface area contributed by atoms with Crippen molar-refractivity contribution in [1.29, 1.82) is 0 Å². The molecule has 2 nitrogen and oxygen atoms in total. The van der Waals surface area contributed by atoms with Gasteiger partial charge in [-0.15, -0.1) is 0 Å². The lowest BCUT2D eigenvalue weighted by molar-refractivity contribution is 0.776. The summed E-state index contributed by atoms with van der Waals surface area (Å²) in [6.07, 6.45) is 6.29. The normalized spacial score (nSPS) is 16.3. The fourth-order valence-electron chi connectivity index (χ4n) is 0.892. The molecule has 56 valence electrons. The maximum atomic E-state index is 3.27. The van der Waals surface area contributed by atoms with Crippen LogP contribution in [0.25, 0.3) is 0 Å². The first-order valence-electron chi connectivity index (χ1n) is 3.73. The van der Waals surface area contributed by atoms with Crippen LogP contribution in [0.5, 0.6) is 0 Å². The Balaban J connectivity index is 2.26. The standard InChI is InChI=1S/C8H14N2/c1-2-9-7-8-3-5-10-6-4-8/h3-5,9-10H,2,6-7H2,1H3. The lowest BCUT2D eigenvalue weighted by atomic mass is 10.2. The molecule has 0 atom stereocenters. The summed E-state index contributed by atoms with van der Waals surface area (Å²) in [6, 6.07) is 0. The average Bonchev–Trinajstić information content (AvgIpc) is 2.03. The molecule has 1 aliphatic rings. The zero-order valence-electron chi connectivity index (χ0n) is 6.35. The summed E-state index contributed by atoms with van der Waals surface area (Å²) < 4.78 is 0. The zero-order valence-corrected chi connectivity index (χ0v) is 6.35. The number of likely N-dealkylation sites (N-methyl/N-ethyl adjacent to an activating group) is 1. The predicted octanol–water partition coefficient (Wildman–Crippen LogP) is 0.639. The van der Waals surface area contributed by atoms with E-state index in [2.05, 4.69) is 29.7 Å². The molecule has 0 aromatic carbocycles. The van der Waals surface area contributed by atoms with Crippen molar-refractivity contribution in [3.05, 3.63) is 23.9 Å². The van der Waals surface area contributed by atoms with Gasteiger partial charge in [-0.2, -0.15) is 0 Å². The van der Waals surface area contributed by atoms with E-state index < -0.39 is 0 Å². The van der Waals surface area contributed by atoms with Crippen molar-refractivity contribution in [3.63, 3.8) is 0 Å². The molecule has 0 radical (unpaired) electrons. The van der Waals surface area contributed by atoms with Crippen LogP contribution in [0.4, 0.5) is 0 Å². The van der Waals surface area contributed by atoms with Crippen molar-refractivity contribution in [2.24, 2.45) is 0 Å². The van der Waals surface area contributed by atoms with E-state index in [0.29, 0.717) is 0 Å². The molecule has 0 aliphatic carbocycles. The third kappa shape index (κ3) is 2.23. The molecule has 0 saturated heterocycles. The van der Waals surface area contributed by atoms with E-state index in [9.17, 15) is 0 Å². The molecule has 1 aliphatic heterocycles. The summed E-state index contributed by atoms with van der Waals surface area (Å²) in [5, 5.41) is 6.38. The van der Waals surface area contributed by atoms with Gasteiger partial charge in [-0.1, -0.05) is 13.0 Å². The summed E-state index contributed by atoms with van der Waals surface area (Å²) in [6.45, 7) is 5.12. The second-order valence-electron chi connectivity index (χ2n) is 2.30. The minimum Gasteiger partial charge on any atom is -0.387 e. The van der Waals surface area contributed by atoms with Crippen LogP contribution in [0.15, 0.2) is 23.9 Å². The Kier molecular flexibility index (Phi) is 3.03. The fraction of sp³-hybridized carbons (Fsp3) is 0.500. The third-order valence-corrected chi connectivity index (χ3v) is 1.48. The van der Waals surface area contributed by atoms with E-state index in [1.165, 1.54) is 5.57 Å². The fourth-order valence-corrected chi connectivity index (χ4v) is 0.892. The highest BCUT2D eigenvalue weighted by Crippen LogP contribution is 1.96. The van der Waals surface area contributed by atoms with Crippen LogP contribution >= 0.6 is 0 Å². The van der Waals surface area contributed by atoms with Gasteiger partial charge in [0.15, 0.2) is 0 Å². The maximum Gasteiger partial charge on any atom is 0.0331 e. The van der Waals surface area contributed by atoms with Crippen molar-refractivity contribution in [2.75, 3.05) is 19.6 Å². The van der Waals surface area contributed by atoms with Crippen LogP contribution in [0.3, 0.4) is 0 Å². The highest BCUT2D eigenvalue weighted by Gasteiger charge is 1.93. The van der Waals surface area contributed by atoms with Crippen molar-refractivity contribution in [3.8, 4) is 0 Å². The first-order chi connectivity index (χ1) is 4.93. The first kappa shape index (κ1) is 7.35.